The SMILES string of the molecule is Cc1ccc(F)cc1C(O)c1cccc(C2CC2)c1. The molecule has 3 rings (SSSR count). The normalized spacial score (nSPS) is 16.4. The molecule has 0 radical (unpaired) electrons. The number of aliphatic hydroxyl groups is 1. The van der Waals surface area contributed by atoms with Crippen molar-refractivity contribution in [3.63, 3.8) is 0 Å². The van der Waals surface area contributed by atoms with Gasteiger partial charge in [0.1, 0.15) is 11.9 Å². The van der Waals surface area contributed by atoms with Crippen LogP contribution >= 0.6 is 0 Å². The van der Waals surface area contributed by atoms with Crippen molar-refractivity contribution in [2.75, 3.05) is 0 Å². The van der Waals surface area contributed by atoms with Crippen LogP contribution in [0.4, 0.5) is 4.39 Å². The van der Waals surface area contributed by atoms with E-state index in [1.165, 1.54) is 30.5 Å². The molecule has 2 aromatic rings. The third-order valence-electron chi connectivity index (χ3n) is 3.81. The van der Waals surface area contributed by atoms with Gasteiger partial charge in [-0.25, -0.2) is 4.39 Å². The summed E-state index contributed by atoms with van der Waals surface area (Å²) >= 11 is 0. The van der Waals surface area contributed by atoms with E-state index >= 15 is 0 Å². The molecule has 98 valence electrons. The number of hydrogen-bond acceptors (Lipinski definition) is 1. The maximum absolute atomic E-state index is 13.3. The third kappa shape index (κ3) is 2.54. The van der Waals surface area contributed by atoms with E-state index in [1.807, 2.05) is 25.1 Å². The lowest BCUT2D eigenvalue weighted by atomic mass is 9.95. The average molecular weight is 256 g/mol. The van der Waals surface area contributed by atoms with Gasteiger partial charge in [-0.05, 0) is 60.1 Å². The highest BCUT2D eigenvalue weighted by atomic mass is 19.1. The first-order valence-electron chi connectivity index (χ1n) is 6.69. The van der Waals surface area contributed by atoms with Crippen molar-refractivity contribution in [1.29, 1.82) is 0 Å². The first-order chi connectivity index (χ1) is 9.15. The van der Waals surface area contributed by atoms with Gasteiger partial charge in [0.15, 0.2) is 0 Å². The van der Waals surface area contributed by atoms with Crippen LogP contribution in [0.1, 0.15) is 47.1 Å². The standard InChI is InChI=1S/C17H17FO/c1-11-5-8-15(18)10-16(11)17(19)14-4-2-3-13(9-14)12-6-7-12/h2-5,8-10,12,17,19H,6-7H2,1H3. The predicted molar refractivity (Wildman–Crippen MR) is 73.6 cm³/mol. The van der Waals surface area contributed by atoms with Gasteiger partial charge in [0.25, 0.3) is 0 Å². The number of hydrogen-bond donors (Lipinski definition) is 1. The molecule has 2 aromatic carbocycles. The molecule has 0 aromatic heterocycles. The number of aryl methyl sites for hydroxylation is 1. The summed E-state index contributed by atoms with van der Waals surface area (Å²) in [5.41, 5.74) is 3.68. The Morgan fingerprint density at radius 3 is 2.68 bits per heavy atom. The Morgan fingerprint density at radius 2 is 1.95 bits per heavy atom. The summed E-state index contributed by atoms with van der Waals surface area (Å²) < 4.78 is 13.3. The minimum atomic E-state index is -0.755. The Balaban J connectivity index is 1.96. The van der Waals surface area contributed by atoms with Gasteiger partial charge in [-0.1, -0.05) is 30.3 Å². The van der Waals surface area contributed by atoms with E-state index in [2.05, 4.69) is 6.07 Å². The van der Waals surface area contributed by atoms with E-state index in [4.69, 9.17) is 0 Å². The monoisotopic (exact) mass is 256 g/mol. The summed E-state index contributed by atoms with van der Waals surface area (Å²) in [6, 6.07) is 12.6. The molecule has 19 heavy (non-hydrogen) atoms. The summed E-state index contributed by atoms with van der Waals surface area (Å²) in [7, 11) is 0. The molecule has 1 unspecified atom stereocenters. The molecule has 1 N–H and O–H groups in total. The number of rotatable bonds is 3. The third-order valence-corrected chi connectivity index (χ3v) is 3.81. The van der Waals surface area contributed by atoms with Crippen molar-refractivity contribution in [3.05, 3.63) is 70.5 Å². The topological polar surface area (TPSA) is 20.2 Å². The molecule has 0 aliphatic heterocycles. The zero-order valence-corrected chi connectivity index (χ0v) is 10.9. The summed E-state index contributed by atoms with van der Waals surface area (Å²) in [5.74, 6) is 0.346. The highest BCUT2D eigenvalue weighted by molar-refractivity contribution is 5.38. The van der Waals surface area contributed by atoms with Crippen LogP contribution < -0.4 is 0 Å². The molecule has 2 heteroatoms. The van der Waals surface area contributed by atoms with Crippen LogP contribution in [0, 0.1) is 12.7 Å². The molecule has 1 nitrogen and oxygen atoms in total. The molecule has 1 saturated carbocycles. The van der Waals surface area contributed by atoms with Crippen molar-refractivity contribution in [3.8, 4) is 0 Å². The van der Waals surface area contributed by atoms with E-state index in [0.717, 1.165) is 11.1 Å². The van der Waals surface area contributed by atoms with Crippen molar-refractivity contribution in [2.45, 2.75) is 31.8 Å². The average Bonchev–Trinajstić information content (AvgIpc) is 3.25. The van der Waals surface area contributed by atoms with Crippen LogP contribution in [-0.2, 0) is 0 Å². The molecule has 0 amide bonds. The van der Waals surface area contributed by atoms with Gasteiger partial charge in [0.2, 0.25) is 0 Å². The largest absolute Gasteiger partial charge is 0.384 e. The Bertz CT molecular complexity index is 602. The van der Waals surface area contributed by atoms with Gasteiger partial charge in [0, 0.05) is 0 Å². The quantitative estimate of drug-likeness (QED) is 0.876. The van der Waals surface area contributed by atoms with Crippen LogP contribution in [-0.4, -0.2) is 5.11 Å². The Kier molecular flexibility index (Phi) is 3.11. The smallest absolute Gasteiger partial charge is 0.123 e. The highest BCUT2D eigenvalue weighted by Crippen LogP contribution is 2.41. The molecular formula is C17H17FO. The molecule has 1 atom stereocenters. The second-order valence-corrected chi connectivity index (χ2v) is 5.35. The van der Waals surface area contributed by atoms with E-state index in [9.17, 15) is 9.50 Å². The van der Waals surface area contributed by atoms with Crippen LogP contribution in [0.3, 0.4) is 0 Å². The van der Waals surface area contributed by atoms with Crippen LogP contribution in [0.2, 0.25) is 0 Å². The Morgan fingerprint density at radius 1 is 1.16 bits per heavy atom. The summed E-state index contributed by atoms with van der Waals surface area (Å²) in [4.78, 5) is 0. The van der Waals surface area contributed by atoms with Gasteiger partial charge in [0.05, 0.1) is 0 Å². The first kappa shape index (κ1) is 12.4. The van der Waals surface area contributed by atoms with E-state index in [1.54, 1.807) is 6.07 Å². The lowest BCUT2D eigenvalue weighted by Gasteiger charge is -2.15. The Labute approximate surface area is 112 Å². The molecule has 0 spiro atoms. The van der Waals surface area contributed by atoms with Gasteiger partial charge < -0.3 is 5.11 Å². The number of halogens is 1. The van der Waals surface area contributed by atoms with Crippen LogP contribution in [0.15, 0.2) is 42.5 Å². The minimum absolute atomic E-state index is 0.307. The maximum Gasteiger partial charge on any atom is 0.123 e. The molecule has 1 fully saturated rings. The molecule has 1 aliphatic rings. The first-order valence-corrected chi connectivity index (χ1v) is 6.69. The summed E-state index contributed by atoms with van der Waals surface area (Å²) in [6.07, 6.45) is 1.71. The van der Waals surface area contributed by atoms with Crippen LogP contribution in [0.5, 0.6) is 0 Å². The maximum atomic E-state index is 13.3. The predicted octanol–water partition coefficient (Wildman–Crippen LogP) is 4.09. The highest BCUT2D eigenvalue weighted by Gasteiger charge is 2.24. The molecular weight excluding hydrogens is 239 g/mol. The fraction of sp³-hybridized carbons (Fsp3) is 0.294. The Hall–Kier alpha value is -1.67. The van der Waals surface area contributed by atoms with Gasteiger partial charge in [-0.3, -0.25) is 0 Å². The fourth-order valence-corrected chi connectivity index (χ4v) is 2.49. The van der Waals surface area contributed by atoms with E-state index in [0.29, 0.717) is 11.5 Å². The minimum Gasteiger partial charge on any atom is -0.384 e. The number of aliphatic hydroxyl groups excluding tert-OH is 1. The lowest BCUT2D eigenvalue weighted by Crippen LogP contribution is -2.03. The molecule has 0 bridgehead atoms. The van der Waals surface area contributed by atoms with E-state index in [-0.39, 0.29) is 5.82 Å². The van der Waals surface area contributed by atoms with Gasteiger partial charge in [-0.2, -0.15) is 0 Å². The fourth-order valence-electron chi connectivity index (χ4n) is 2.49. The second kappa shape index (κ2) is 4.78. The van der Waals surface area contributed by atoms with E-state index < -0.39 is 6.10 Å². The van der Waals surface area contributed by atoms with Crippen molar-refractivity contribution >= 4 is 0 Å². The van der Waals surface area contributed by atoms with Crippen LogP contribution in [0.25, 0.3) is 0 Å². The van der Waals surface area contributed by atoms with Gasteiger partial charge >= 0.3 is 0 Å². The molecule has 0 heterocycles. The van der Waals surface area contributed by atoms with Crippen molar-refractivity contribution in [1.82, 2.24) is 0 Å². The zero-order chi connectivity index (χ0) is 13.4. The van der Waals surface area contributed by atoms with Crippen molar-refractivity contribution < 1.29 is 9.50 Å². The lowest BCUT2D eigenvalue weighted by molar-refractivity contribution is 0.219. The zero-order valence-electron chi connectivity index (χ0n) is 10.9. The molecule has 1 aliphatic carbocycles. The molecule has 0 saturated heterocycles. The second-order valence-electron chi connectivity index (χ2n) is 5.35. The van der Waals surface area contributed by atoms with Gasteiger partial charge in [-0.15, -0.1) is 0 Å². The summed E-state index contributed by atoms with van der Waals surface area (Å²) in [6.45, 7) is 1.89. The van der Waals surface area contributed by atoms with Crippen molar-refractivity contribution in [2.24, 2.45) is 0 Å². The number of benzene rings is 2. The summed E-state index contributed by atoms with van der Waals surface area (Å²) in [5, 5.41) is 10.5.